The summed E-state index contributed by atoms with van der Waals surface area (Å²) in [6.07, 6.45) is 5.06. The van der Waals surface area contributed by atoms with Gasteiger partial charge in [0.25, 0.3) is 0 Å². The van der Waals surface area contributed by atoms with Crippen LogP contribution in [-0.2, 0) is 4.74 Å². The number of aromatic nitrogens is 4. The molecule has 3 N–H and O–H groups in total. The van der Waals surface area contributed by atoms with Crippen LogP contribution in [0, 0.1) is 0 Å². The van der Waals surface area contributed by atoms with Gasteiger partial charge in [0.15, 0.2) is 11.6 Å². The first-order valence-corrected chi connectivity index (χ1v) is 10.4. The average Bonchev–Trinajstić information content (AvgIpc) is 3.31. The van der Waals surface area contributed by atoms with Crippen molar-refractivity contribution < 1.29 is 9.53 Å². The van der Waals surface area contributed by atoms with Gasteiger partial charge >= 0.3 is 6.09 Å². The van der Waals surface area contributed by atoms with E-state index in [2.05, 4.69) is 30.8 Å². The largest absolute Gasteiger partial charge is 0.446 e. The van der Waals surface area contributed by atoms with Gasteiger partial charge in [-0.2, -0.15) is 5.10 Å². The Morgan fingerprint density at radius 3 is 2.89 bits per heavy atom. The van der Waals surface area contributed by atoms with Crippen molar-refractivity contribution in [1.29, 1.82) is 0 Å². The van der Waals surface area contributed by atoms with E-state index in [0.717, 1.165) is 53.2 Å². The Morgan fingerprint density at radius 1 is 1.29 bits per heavy atom. The molecule has 0 aromatic carbocycles. The summed E-state index contributed by atoms with van der Waals surface area (Å²) in [6, 6.07) is 4.03. The SMILES string of the molecule is CC(C)NC(=O)OC1CCC(c2cc(Nc3nccc4ncsc34)n[nH]2)CC1. The molecular formula is C19H24N6O2S. The summed E-state index contributed by atoms with van der Waals surface area (Å²) in [6.45, 7) is 3.85. The number of thiazole rings is 1. The Labute approximate surface area is 167 Å². The van der Waals surface area contributed by atoms with Crippen LogP contribution in [0.1, 0.15) is 51.1 Å². The number of carbonyl (C=O) groups excluding carboxylic acids is 1. The first kappa shape index (κ1) is 18.7. The Hall–Kier alpha value is -2.68. The molecule has 0 spiro atoms. The monoisotopic (exact) mass is 400 g/mol. The number of carbonyl (C=O) groups is 1. The number of anilines is 2. The molecule has 4 rings (SSSR count). The van der Waals surface area contributed by atoms with Gasteiger partial charge in [0, 0.05) is 29.9 Å². The number of aromatic amines is 1. The Bertz CT molecular complexity index is 945. The van der Waals surface area contributed by atoms with Crippen LogP contribution in [-0.4, -0.2) is 38.4 Å². The van der Waals surface area contributed by atoms with Crippen molar-refractivity contribution in [2.75, 3.05) is 5.32 Å². The maximum Gasteiger partial charge on any atom is 0.407 e. The van der Waals surface area contributed by atoms with Crippen molar-refractivity contribution >= 4 is 39.3 Å². The zero-order valence-corrected chi connectivity index (χ0v) is 16.8. The summed E-state index contributed by atoms with van der Waals surface area (Å²) in [5.74, 6) is 1.91. The van der Waals surface area contributed by atoms with Crippen molar-refractivity contribution in [2.24, 2.45) is 0 Å². The lowest BCUT2D eigenvalue weighted by molar-refractivity contribution is 0.0697. The minimum absolute atomic E-state index is 0.0105. The topological polar surface area (TPSA) is 105 Å². The summed E-state index contributed by atoms with van der Waals surface area (Å²) >= 11 is 1.56. The van der Waals surface area contributed by atoms with Crippen LogP contribution in [0.5, 0.6) is 0 Å². The smallest absolute Gasteiger partial charge is 0.407 e. The zero-order valence-electron chi connectivity index (χ0n) is 15.9. The highest BCUT2D eigenvalue weighted by Crippen LogP contribution is 2.34. The molecular weight excluding hydrogens is 376 g/mol. The van der Waals surface area contributed by atoms with Crippen LogP contribution in [0.4, 0.5) is 16.4 Å². The van der Waals surface area contributed by atoms with Crippen molar-refractivity contribution in [3.63, 3.8) is 0 Å². The van der Waals surface area contributed by atoms with Crippen molar-refractivity contribution in [3.05, 3.63) is 29.5 Å². The predicted molar refractivity (Wildman–Crippen MR) is 109 cm³/mol. The molecule has 0 radical (unpaired) electrons. The van der Waals surface area contributed by atoms with E-state index < -0.39 is 0 Å². The van der Waals surface area contributed by atoms with E-state index in [9.17, 15) is 4.79 Å². The van der Waals surface area contributed by atoms with Crippen molar-refractivity contribution in [2.45, 2.75) is 57.6 Å². The van der Waals surface area contributed by atoms with Gasteiger partial charge in [-0.3, -0.25) is 5.10 Å². The summed E-state index contributed by atoms with van der Waals surface area (Å²) < 4.78 is 6.52. The molecule has 0 atom stereocenters. The number of nitrogens with one attached hydrogen (secondary N) is 3. The van der Waals surface area contributed by atoms with Gasteiger partial charge in [0.1, 0.15) is 6.10 Å². The molecule has 0 aliphatic heterocycles. The first-order chi connectivity index (χ1) is 13.6. The van der Waals surface area contributed by atoms with E-state index in [-0.39, 0.29) is 18.2 Å². The number of hydrogen-bond acceptors (Lipinski definition) is 7. The summed E-state index contributed by atoms with van der Waals surface area (Å²) in [7, 11) is 0. The molecule has 3 aromatic heterocycles. The molecule has 0 bridgehead atoms. The molecule has 148 valence electrons. The highest BCUT2D eigenvalue weighted by atomic mass is 32.1. The van der Waals surface area contributed by atoms with Crippen LogP contribution in [0.2, 0.25) is 0 Å². The second-order valence-electron chi connectivity index (χ2n) is 7.37. The number of alkyl carbamates (subject to hydrolysis) is 1. The van der Waals surface area contributed by atoms with Crippen LogP contribution >= 0.6 is 11.3 Å². The van der Waals surface area contributed by atoms with Crippen LogP contribution in [0.25, 0.3) is 10.2 Å². The van der Waals surface area contributed by atoms with Crippen LogP contribution < -0.4 is 10.6 Å². The lowest BCUT2D eigenvalue weighted by atomic mass is 9.85. The standard InChI is InChI=1S/C19H24N6O2S/c1-11(2)22-19(26)27-13-5-3-12(4-6-13)15-9-16(25-24-15)23-18-17-14(7-8-20-18)21-10-28-17/h7-13H,3-6H2,1-2H3,(H,22,26)(H2,20,23,24,25). The molecule has 1 aliphatic carbocycles. The number of nitrogens with zero attached hydrogens (tertiary/aromatic N) is 3. The second kappa shape index (κ2) is 8.14. The minimum Gasteiger partial charge on any atom is -0.446 e. The molecule has 1 aliphatic rings. The summed E-state index contributed by atoms with van der Waals surface area (Å²) in [5.41, 5.74) is 3.84. The molecule has 0 unspecified atom stereocenters. The van der Waals surface area contributed by atoms with E-state index >= 15 is 0 Å². The lowest BCUT2D eigenvalue weighted by Crippen LogP contribution is -2.34. The van der Waals surface area contributed by atoms with E-state index in [1.165, 1.54) is 0 Å². The number of ether oxygens (including phenoxy) is 1. The molecule has 8 nitrogen and oxygen atoms in total. The molecule has 1 fully saturated rings. The molecule has 0 saturated heterocycles. The Balaban J connectivity index is 1.34. The van der Waals surface area contributed by atoms with Gasteiger partial charge < -0.3 is 15.4 Å². The van der Waals surface area contributed by atoms with E-state index in [0.29, 0.717) is 5.92 Å². The Kier molecular flexibility index (Phi) is 5.43. The average molecular weight is 401 g/mol. The molecule has 3 heterocycles. The second-order valence-corrected chi connectivity index (χ2v) is 8.23. The fraction of sp³-hybridized carbons (Fsp3) is 0.474. The van der Waals surface area contributed by atoms with Crippen molar-refractivity contribution in [1.82, 2.24) is 25.5 Å². The third-order valence-electron chi connectivity index (χ3n) is 4.88. The normalized spacial score (nSPS) is 19.7. The fourth-order valence-corrected chi connectivity index (χ4v) is 4.25. The van der Waals surface area contributed by atoms with Gasteiger partial charge in [0.05, 0.1) is 15.7 Å². The van der Waals surface area contributed by atoms with Gasteiger partial charge in [-0.05, 0) is 45.6 Å². The van der Waals surface area contributed by atoms with Gasteiger partial charge in [-0.25, -0.2) is 14.8 Å². The van der Waals surface area contributed by atoms with Crippen molar-refractivity contribution in [3.8, 4) is 0 Å². The predicted octanol–water partition coefficient (Wildman–Crippen LogP) is 4.32. The fourth-order valence-electron chi connectivity index (χ4n) is 3.52. The van der Waals surface area contributed by atoms with E-state index in [1.807, 2.05) is 31.5 Å². The van der Waals surface area contributed by atoms with Gasteiger partial charge in [-0.15, -0.1) is 11.3 Å². The zero-order chi connectivity index (χ0) is 19.5. The molecule has 1 saturated carbocycles. The number of rotatable bonds is 5. The summed E-state index contributed by atoms with van der Waals surface area (Å²) in [4.78, 5) is 20.5. The molecule has 3 aromatic rings. The highest BCUT2D eigenvalue weighted by Gasteiger charge is 2.26. The van der Waals surface area contributed by atoms with E-state index in [4.69, 9.17) is 4.74 Å². The number of H-pyrrole nitrogens is 1. The molecule has 28 heavy (non-hydrogen) atoms. The van der Waals surface area contributed by atoms with Gasteiger partial charge in [-0.1, -0.05) is 0 Å². The molecule has 1 amide bonds. The third kappa shape index (κ3) is 4.24. The maximum atomic E-state index is 11.8. The summed E-state index contributed by atoms with van der Waals surface area (Å²) in [5, 5.41) is 13.6. The van der Waals surface area contributed by atoms with Crippen LogP contribution in [0.3, 0.4) is 0 Å². The number of hydrogen-bond donors (Lipinski definition) is 3. The lowest BCUT2D eigenvalue weighted by Gasteiger charge is -2.27. The number of amides is 1. The number of fused-ring (bicyclic) bond motifs is 1. The Morgan fingerprint density at radius 2 is 2.11 bits per heavy atom. The third-order valence-corrected chi connectivity index (χ3v) is 5.73. The quantitative estimate of drug-likeness (QED) is 0.589. The maximum absolute atomic E-state index is 11.8. The van der Waals surface area contributed by atoms with Gasteiger partial charge in [0.2, 0.25) is 0 Å². The molecule has 9 heteroatoms. The minimum atomic E-state index is -0.323. The van der Waals surface area contributed by atoms with E-state index in [1.54, 1.807) is 17.5 Å². The highest BCUT2D eigenvalue weighted by molar-refractivity contribution is 7.17. The number of pyridine rings is 1. The van der Waals surface area contributed by atoms with Crippen LogP contribution in [0.15, 0.2) is 23.8 Å². The first-order valence-electron chi connectivity index (χ1n) is 9.56.